The molecule has 0 aromatic heterocycles. The minimum Gasteiger partial charge on any atom is -0.478 e. The van der Waals surface area contributed by atoms with Gasteiger partial charge in [-0.3, -0.25) is 0 Å². The Morgan fingerprint density at radius 2 is 1.88 bits per heavy atom. The average molecular weight is 301 g/mol. The van der Waals surface area contributed by atoms with Gasteiger partial charge in [0.1, 0.15) is 5.60 Å². The molecule has 17 heavy (non-hydrogen) atoms. The Balaban J connectivity index is 2.98. The van der Waals surface area contributed by atoms with Gasteiger partial charge in [-0.25, -0.2) is 9.59 Å². The number of esters is 1. The van der Waals surface area contributed by atoms with Crippen LogP contribution in [0.3, 0.4) is 0 Å². The maximum Gasteiger partial charge on any atom is 0.338 e. The van der Waals surface area contributed by atoms with Crippen molar-refractivity contribution in [3.05, 3.63) is 33.8 Å². The maximum atomic E-state index is 11.7. The summed E-state index contributed by atoms with van der Waals surface area (Å²) >= 11 is 3.11. The predicted octanol–water partition coefficient (Wildman–Crippen LogP) is 3.10. The first-order valence-electron chi connectivity index (χ1n) is 4.97. The number of carbonyl (C=O) groups is 2. The fourth-order valence-corrected chi connectivity index (χ4v) is 1.70. The van der Waals surface area contributed by atoms with Crippen molar-refractivity contribution in [2.75, 3.05) is 0 Å². The molecular weight excluding hydrogens is 288 g/mol. The topological polar surface area (TPSA) is 63.6 Å². The summed E-state index contributed by atoms with van der Waals surface area (Å²) in [4.78, 5) is 22.5. The molecule has 5 heteroatoms. The first-order chi connectivity index (χ1) is 7.70. The summed E-state index contributed by atoms with van der Waals surface area (Å²) in [5, 5.41) is 8.84. The second-order valence-electron chi connectivity index (χ2n) is 4.50. The van der Waals surface area contributed by atoms with Crippen LogP contribution >= 0.6 is 15.9 Å². The standard InChI is InChI=1S/C12H13BrO4/c1-12(2,3)17-11(16)7-4-5-8(10(14)15)9(13)6-7/h4-6H,1-3H3,(H,14,15). The number of hydrogen-bond acceptors (Lipinski definition) is 3. The van der Waals surface area contributed by atoms with Gasteiger partial charge in [0, 0.05) is 4.47 Å². The molecular formula is C12H13BrO4. The smallest absolute Gasteiger partial charge is 0.338 e. The van der Waals surface area contributed by atoms with Gasteiger partial charge in [0.25, 0.3) is 0 Å². The molecule has 0 aliphatic heterocycles. The third-order valence-corrected chi connectivity index (χ3v) is 2.49. The van der Waals surface area contributed by atoms with E-state index >= 15 is 0 Å². The molecule has 0 saturated carbocycles. The molecule has 0 saturated heterocycles. The minimum atomic E-state index is -1.05. The summed E-state index contributed by atoms with van der Waals surface area (Å²) in [7, 11) is 0. The molecule has 1 aromatic carbocycles. The van der Waals surface area contributed by atoms with Gasteiger partial charge in [0.05, 0.1) is 11.1 Å². The Hall–Kier alpha value is -1.36. The van der Waals surface area contributed by atoms with E-state index in [0.717, 1.165) is 0 Å². The highest BCUT2D eigenvalue weighted by Gasteiger charge is 2.19. The Bertz CT molecular complexity index is 460. The number of aromatic carboxylic acids is 1. The minimum absolute atomic E-state index is 0.109. The van der Waals surface area contributed by atoms with Crippen LogP contribution in [-0.4, -0.2) is 22.6 Å². The van der Waals surface area contributed by atoms with Gasteiger partial charge in [0.2, 0.25) is 0 Å². The molecule has 0 aliphatic carbocycles. The number of carboxylic acid groups (broad SMARTS) is 1. The summed E-state index contributed by atoms with van der Waals surface area (Å²) in [5.41, 5.74) is -0.149. The zero-order valence-electron chi connectivity index (χ0n) is 9.78. The molecule has 0 unspecified atom stereocenters. The molecule has 4 nitrogen and oxygen atoms in total. The molecule has 1 N–H and O–H groups in total. The van der Waals surface area contributed by atoms with Crippen molar-refractivity contribution < 1.29 is 19.4 Å². The van der Waals surface area contributed by atoms with E-state index in [2.05, 4.69) is 15.9 Å². The number of halogens is 1. The number of carboxylic acids is 1. The van der Waals surface area contributed by atoms with Crippen LogP contribution in [-0.2, 0) is 4.74 Å². The van der Waals surface area contributed by atoms with E-state index in [1.165, 1.54) is 18.2 Å². The highest BCUT2D eigenvalue weighted by Crippen LogP contribution is 2.20. The fraction of sp³-hybridized carbons (Fsp3) is 0.333. The van der Waals surface area contributed by atoms with Crippen LogP contribution in [0.4, 0.5) is 0 Å². The molecule has 1 aromatic rings. The van der Waals surface area contributed by atoms with Gasteiger partial charge in [-0.2, -0.15) is 0 Å². The molecule has 0 bridgehead atoms. The first kappa shape index (κ1) is 13.7. The van der Waals surface area contributed by atoms with Gasteiger partial charge < -0.3 is 9.84 Å². The SMILES string of the molecule is CC(C)(C)OC(=O)c1ccc(C(=O)O)c(Br)c1. The van der Waals surface area contributed by atoms with E-state index in [0.29, 0.717) is 10.0 Å². The van der Waals surface area contributed by atoms with E-state index in [1.54, 1.807) is 20.8 Å². The lowest BCUT2D eigenvalue weighted by Gasteiger charge is -2.19. The third-order valence-electron chi connectivity index (χ3n) is 1.83. The number of ether oxygens (including phenoxy) is 1. The van der Waals surface area contributed by atoms with Crippen LogP contribution in [0, 0.1) is 0 Å². The lowest BCUT2D eigenvalue weighted by molar-refractivity contribution is 0.00690. The van der Waals surface area contributed by atoms with Crippen molar-refractivity contribution in [1.82, 2.24) is 0 Å². The molecule has 0 heterocycles. The largest absolute Gasteiger partial charge is 0.478 e. The molecule has 0 atom stereocenters. The van der Waals surface area contributed by atoms with E-state index in [-0.39, 0.29) is 5.56 Å². The van der Waals surface area contributed by atoms with Crippen LogP contribution in [0.2, 0.25) is 0 Å². The molecule has 1 rings (SSSR count). The van der Waals surface area contributed by atoms with Crippen molar-refractivity contribution in [3.8, 4) is 0 Å². The Morgan fingerprint density at radius 3 is 2.29 bits per heavy atom. The predicted molar refractivity (Wildman–Crippen MR) is 66.3 cm³/mol. The molecule has 0 spiro atoms. The van der Waals surface area contributed by atoms with Crippen LogP contribution in [0.25, 0.3) is 0 Å². The van der Waals surface area contributed by atoms with Crippen molar-refractivity contribution in [3.63, 3.8) is 0 Å². The molecule has 0 fully saturated rings. The summed E-state index contributed by atoms with van der Waals surface area (Å²) in [6.45, 7) is 5.31. The van der Waals surface area contributed by atoms with Crippen LogP contribution in [0.15, 0.2) is 22.7 Å². The zero-order valence-corrected chi connectivity index (χ0v) is 11.4. The summed E-state index contributed by atoms with van der Waals surface area (Å²) in [5.74, 6) is -1.53. The lowest BCUT2D eigenvalue weighted by atomic mass is 10.1. The Labute approximate surface area is 108 Å². The summed E-state index contributed by atoms with van der Waals surface area (Å²) in [6, 6.07) is 4.24. The van der Waals surface area contributed by atoms with Gasteiger partial charge in [-0.15, -0.1) is 0 Å². The molecule has 0 radical (unpaired) electrons. The quantitative estimate of drug-likeness (QED) is 0.853. The average Bonchev–Trinajstić information content (AvgIpc) is 2.14. The summed E-state index contributed by atoms with van der Waals surface area (Å²) in [6.07, 6.45) is 0. The van der Waals surface area contributed by atoms with E-state index in [4.69, 9.17) is 9.84 Å². The van der Waals surface area contributed by atoms with Gasteiger partial charge in [-0.1, -0.05) is 0 Å². The summed E-state index contributed by atoms with van der Waals surface area (Å²) < 4.78 is 5.53. The molecule has 0 amide bonds. The van der Waals surface area contributed by atoms with Gasteiger partial charge in [0.15, 0.2) is 0 Å². The zero-order chi connectivity index (χ0) is 13.2. The van der Waals surface area contributed by atoms with Gasteiger partial charge >= 0.3 is 11.9 Å². The van der Waals surface area contributed by atoms with E-state index < -0.39 is 17.5 Å². The fourth-order valence-electron chi connectivity index (χ4n) is 1.15. The van der Waals surface area contributed by atoms with Crippen molar-refractivity contribution in [1.29, 1.82) is 0 Å². The van der Waals surface area contributed by atoms with E-state index in [1.807, 2.05) is 0 Å². The van der Waals surface area contributed by atoms with E-state index in [9.17, 15) is 9.59 Å². The van der Waals surface area contributed by atoms with Crippen molar-refractivity contribution >= 4 is 27.9 Å². The third kappa shape index (κ3) is 3.85. The Kier molecular flexibility index (Phi) is 3.93. The number of rotatable bonds is 2. The van der Waals surface area contributed by atoms with Crippen molar-refractivity contribution in [2.24, 2.45) is 0 Å². The number of carbonyl (C=O) groups excluding carboxylic acids is 1. The highest BCUT2D eigenvalue weighted by atomic mass is 79.9. The Morgan fingerprint density at radius 1 is 1.29 bits per heavy atom. The second kappa shape index (κ2) is 4.87. The lowest BCUT2D eigenvalue weighted by Crippen LogP contribution is -2.23. The normalized spacial score (nSPS) is 11.1. The highest BCUT2D eigenvalue weighted by molar-refractivity contribution is 9.10. The van der Waals surface area contributed by atoms with Crippen molar-refractivity contribution in [2.45, 2.75) is 26.4 Å². The second-order valence-corrected chi connectivity index (χ2v) is 5.36. The van der Waals surface area contributed by atoms with Crippen LogP contribution in [0.1, 0.15) is 41.5 Å². The van der Waals surface area contributed by atoms with Crippen LogP contribution in [0.5, 0.6) is 0 Å². The number of hydrogen-bond donors (Lipinski definition) is 1. The first-order valence-corrected chi connectivity index (χ1v) is 5.76. The molecule has 92 valence electrons. The monoisotopic (exact) mass is 300 g/mol. The molecule has 0 aliphatic rings. The van der Waals surface area contributed by atoms with Crippen LogP contribution < -0.4 is 0 Å². The number of benzene rings is 1. The van der Waals surface area contributed by atoms with Gasteiger partial charge in [-0.05, 0) is 54.9 Å². The maximum absolute atomic E-state index is 11.7.